The number of benzene rings is 1. The molecular weight excluding hydrogens is 399 g/mol. The van der Waals surface area contributed by atoms with Crippen LogP contribution in [0.25, 0.3) is 0 Å². The Labute approximate surface area is 158 Å². The van der Waals surface area contributed by atoms with Gasteiger partial charge in [0.2, 0.25) is 10.0 Å². The number of hydrogen-bond donors (Lipinski definition) is 2. The summed E-state index contributed by atoms with van der Waals surface area (Å²) in [5, 5.41) is 3.32. The molecule has 0 saturated carbocycles. The fourth-order valence-corrected chi connectivity index (χ4v) is 4.63. The van der Waals surface area contributed by atoms with Gasteiger partial charge in [-0.2, -0.15) is 0 Å². The maximum atomic E-state index is 12.5. The zero-order valence-electron chi connectivity index (χ0n) is 13.4. The van der Waals surface area contributed by atoms with Gasteiger partial charge < -0.3 is 14.8 Å². The van der Waals surface area contributed by atoms with E-state index in [1.807, 2.05) is 0 Å². The normalized spacial score (nSPS) is 20.7. The third kappa shape index (κ3) is 4.66. The van der Waals surface area contributed by atoms with Crippen LogP contribution in [0.2, 0.25) is 10.0 Å². The molecule has 6 nitrogen and oxygen atoms in total. The summed E-state index contributed by atoms with van der Waals surface area (Å²) in [6.45, 7) is 1.47. The number of sulfonamides is 1. The number of rotatable bonds is 7. The summed E-state index contributed by atoms with van der Waals surface area (Å²) < 4.78 is 37.9. The molecule has 1 unspecified atom stereocenters. The van der Waals surface area contributed by atoms with Gasteiger partial charge in [-0.25, -0.2) is 13.1 Å². The summed E-state index contributed by atoms with van der Waals surface area (Å²) in [6, 6.07) is 2.85. The summed E-state index contributed by atoms with van der Waals surface area (Å²) in [6.07, 6.45) is 1.81. The molecule has 1 aliphatic heterocycles. The second-order valence-electron chi connectivity index (χ2n) is 5.46. The first-order chi connectivity index (χ1) is 10.9. The number of halogens is 3. The van der Waals surface area contributed by atoms with E-state index in [-0.39, 0.29) is 33.9 Å². The smallest absolute Gasteiger partial charge is 0.242 e. The van der Waals surface area contributed by atoms with Crippen molar-refractivity contribution < 1.29 is 17.9 Å². The van der Waals surface area contributed by atoms with E-state index in [4.69, 9.17) is 32.7 Å². The highest BCUT2D eigenvalue weighted by Crippen LogP contribution is 2.36. The lowest BCUT2D eigenvalue weighted by Crippen LogP contribution is -2.52. The molecule has 0 bridgehead atoms. The van der Waals surface area contributed by atoms with Gasteiger partial charge in [-0.05, 0) is 31.5 Å². The topological polar surface area (TPSA) is 76.7 Å². The average molecular weight is 420 g/mol. The minimum atomic E-state index is -3.80. The maximum absolute atomic E-state index is 12.5. The zero-order valence-corrected chi connectivity index (χ0v) is 16.5. The SMILES string of the molecule is COCC1(CNS(=O)(=O)c2ccc(OC)c(Cl)c2Cl)CCCN1.Cl. The van der Waals surface area contributed by atoms with Crippen molar-refractivity contribution in [3.05, 3.63) is 22.2 Å². The van der Waals surface area contributed by atoms with E-state index in [1.54, 1.807) is 7.11 Å². The summed E-state index contributed by atoms with van der Waals surface area (Å²) in [5.41, 5.74) is -0.398. The van der Waals surface area contributed by atoms with Gasteiger partial charge in [-0.15, -0.1) is 12.4 Å². The molecule has 1 aromatic rings. The highest BCUT2D eigenvalue weighted by Gasteiger charge is 2.35. The molecule has 1 saturated heterocycles. The van der Waals surface area contributed by atoms with Gasteiger partial charge in [-0.3, -0.25) is 0 Å². The van der Waals surface area contributed by atoms with Crippen molar-refractivity contribution in [2.45, 2.75) is 23.3 Å². The Kier molecular flexibility index (Phi) is 8.06. The van der Waals surface area contributed by atoms with Crippen LogP contribution in [-0.2, 0) is 14.8 Å². The van der Waals surface area contributed by atoms with E-state index in [2.05, 4.69) is 10.0 Å². The van der Waals surface area contributed by atoms with Crippen LogP contribution in [0.1, 0.15) is 12.8 Å². The highest BCUT2D eigenvalue weighted by atomic mass is 35.5. The average Bonchev–Trinajstić information content (AvgIpc) is 2.97. The molecule has 1 atom stereocenters. The van der Waals surface area contributed by atoms with E-state index in [9.17, 15) is 8.42 Å². The third-order valence-electron chi connectivity index (χ3n) is 3.87. The maximum Gasteiger partial charge on any atom is 0.242 e. The Balaban J connectivity index is 0.00000288. The second-order valence-corrected chi connectivity index (χ2v) is 7.95. The molecule has 1 aliphatic rings. The van der Waals surface area contributed by atoms with E-state index in [0.717, 1.165) is 19.4 Å². The van der Waals surface area contributed by atoms with Crippen LogP contribution in [0.15, 0.2) is 17.0 Å². The van der Waals surface area contributed by atoms with E-state index in [0.29, 0.717) is 12.4 Å². The number of hydrogen-bond acceptors (Lipinski definition) is 5. The summed E-state index contributed by atoms with van der Waals surface area (Å²) in [5.74, 6) is 0.323. The molecule has 2 N–H and O–H groups in total. The molecule has 138 valence electrons. The van der Waals surface area contributed by atoms with E-state index in [1.165, 1.54) is 19.2 Å². The molecule has 2 rings (SSSR count). The van der Waals surface area contributed by atoms with Crippen molar-refractivity contribution in [2.24, 2.45) is 0 Å². The van der Waals surface area contributed by atoms with Crippen LogP contribution in [-0.4, -0.2) is 47.9 Å². The van der Waals surface area contributed by atoms with Crippen LogP contribution in [0, 0.1) is 0 Å². The van der Waals surface area contributed by atoms with Crippen LogP contribution in [0.3, 0.4) is 0 Å². The number of ether oxygens (including phenoxy) is 2. The van der Waals surface area contributed by atoms with Gasteiger partial charge in [0.1, 0.15) is 15.7 Å². The monoisotopic (exact) mass is 418 g/mol. The molecular formula is C14H21Cl3N2O4S. The Hall–Kier alpha value is -0.280. The van der Waals surface area contributed by atoms with Crippen molar-refractivity contribution in [3.8, 4) is 5.75 Å². The summed E-state index contributed by atoms with van der Waals surface area (Å²) in [7, 11) is -0.771. The standard InChI is InChI=1S/C14H20Cl2N2O4S.ClH/c1-21-9-14(6-3-7-17-14)8-18-23(19,20)11-5-4-10(22-2)12(15)13(11)16;/h4-5,17-18H,3,6-9H2,1-2H3;1H. The Bertz CT molecular complexity index is 664. The van der Waals surface area contributed by atoms with Crippen LogP contribution in [0.5, 0.6) is 5.75 Å². The van der Waals surface area contributed by atoms with E-state index >= 15 is 0 Å². The van der Waals surface area contributed by atoms with Gasteiger partial charge in [-0.1, -0.05) is 23.2 Å². The second kappa shape index (κ2) is 8.89. The minimum absolute atomic E-state index is 0. The minimum Gasteiger partial charge on any atom is -0.495 e. The van der Waals surface area contributed by atoms with Gasteiger partial charge in [0, 0.05) is 13.7 Å². The summed E-state index contributed by atoms with van der Waals surface area (Å²) >= 11 is 12.1. The predicted molar refractivity (Wildman–Crippen MR) is 97.3 cm³/mol. The molecule has 0 radical (unpaired) electrons. The van der Waals surface area contributed by atoms with Gasteiger partial charge in [0.25, 0.3) is 0 Å². The molecule has 0 amide bonds. The fourth-order valence-electron chi connectivity index (χ4n) is 2.66. The van der Waals surface area contributed by atoms with Gasteiger partial charge in [0.05, 0.1) is 24.3 Å². The molecule has 0 spiro atoms. The van der Waals surface area contributed by atoms with Gasteiger partial charge in [0.15, 0.2) is 0 Å². The summed E-state index contributed by atoms with van der Waals surface area (Å²) in [4.78, 5) is -0.0736. The zero-order chi connectivity index (χ0) is 17.1. The van der Waals surface area contributed by atoms with Crippen molar-refractivity contribution in [1.29, 1.82) is 0 Å². The van der Waals surface area contributed by atoms with Crippen molar-refractivity contribution in [2.75, 3.05) is 33.9 Å². The molecule has 1 fully saturated rings. The number of nitrogens with one attached hydrogen (secondary N) is 2. The largest absolute Gasteiger partial charge is 0.495 e. The number of methoxy groups -OCH3 is 2. The first-order valence-corrected chi connectivity index (χ1v) is 9.35. The highest BCUT2D eigenvalue weighted by molar-refractivity contribution is 7.89. The third-order valence-corrected chi connectivity index (χ3v) is 6.29. The Morgan fingerprint density at radius 1 is 1.29 bits per heavy atom. The molecule has 1 aromatic carbocycles. The van der Waals surface area contributed by atoms with Crippen molar-refractivity contribution in [3.63, 3.8) is 0 Å². The molecule has 0 aliphatic carbocycles. The lowest BCUT2D eigenvalue weighted by molar-refractivity contribution is 0.122. The molecule has 0 aromatic heterocycles. The lowest BCUT2D eigenvalue weighted by Gasteiger charge is -2.29. The fraction of sp³-hybridized carbons (Fsp3) is 0.571. The van der Waals surface area contributed by atoms with Crippen LogP contribution in [0.4, 0.5) is 0 Å². The molecule has 24 heavy (non-hydrogen) atoms. The predicted octanol–water partition coefficient (Wildman–Crippen LogP) is 2.47. The van der Waals surface area contributed by atoms with Crippen LogP contribution < -0.4 is 14.8 Å². The van der Waals surface area contributed by atoms with E-state index < -0.39 is 15.6 Å². The lowest BCUT2D eigenvalue weighted by atomic mass is 9.99. The van der Waals surface area contributed by atoms with Crippen LogP contribution >= 0.6 is 35.6 Å². The van der Waals surface area contributed by atoms with Crippen molar-refractivity contribution in [1.82, 2.24) is 10.0 Å². The van der Waals surface area contributed by atoms with Gasteiger partial charge >= 0.3 is 0 Å². The first kappa shape index (κ1) is 21.8. The Morgan fingerprint density at radius 2 is 2.00 bits per heavy atom. The quantitative estimate of drug-likeness (QED) is 0.710. The molecule has 1 heterocycles. The Morgan fingerprint density at radius 3 is 2.54 bits per heavy atom. The first-order valence-electron chi connectivity index (χ1n) is 7.11. The molecule has 10 heteroatoms. The van der Waals surface area contributed by atoms with Crippen molar-refractivity contribution >= 4 is 45.6 Å².